The highest BCUT2D eigenvalue weighted by molar-refractivity contribution is 5.79. The molecule has 7 heteroatoms. The molecular formula is C23H31N5O2. The van der Waals surface area contributed by atoms with Crippen molar-refractivity contribution in [3.63, 3.8) is 0 Å². The molecule has 1 atom stereocenters. The number of aromatic nitrogens is 2. The molecule has 2 aliphatic heterocycles. The third-order valence-corrected chi connectivity index (χ3v) is 6.21. The fraction of sp³-hybridized carbons (Fsp3) is 0.522. The van der Waals surface area contributed by atoms with E-state index >= 15 is 0 Å². The van der Waals surface area contributed by atoms with Gasteiger partial charge < -0.3 is 14.7 Å². The molecule has 2 saturated heterocycles. The van der Waals surface area contributed by atoms with Gasteiger partial charge in [-0.3, -0.25) is 9.59 Å². The number of aryl methyl sites for hydroxylation is 1. The largest absolute Gasteiger partial charge is 0.368 e. The van der Waals surface area contributed by atoms with Crippen LogP contribution in [0.2, 0.25) is 0 Å². The van der Waals surface area contributed by atoms with Crippen LogP contribution in [-0.4, -0.2) is 71.8 Å². The first-order valence-electron chi connectivity index (χ1n) is 10.9. The highest BCUT2D eigenvalue weighted by atomic mass is 16.2. The third kappa shape index (κ3) is 4.73. The molecule has 0 aliphatic carbocycles. The predicted molar refractivity (Wildman–Crippen MR) is 118 cm³/mol. The van der Waals surface area contributed by atoms with Crippen molar-refractivity contribution in [3.8, 4) is 0 Å². The van der Waals surface area contributed by atoms with Crippen LogP contribution in [0.15, 0.2) is 41.3 Å². The average molecular weight is 410 g/mol. The Hall–Kier alpha value is -2.67. The lowest BCUT2D eigenvalue weighted by molar-refractivity contribution is -0.132. The fourth-order valence-electron chi connectivity index (χ4n) is 4.41. The van der Waals surface area contributed by atoms with E-state index in [-0.39, 0.29) is 17.5 Å². The Balaban J connectivity index is 1.42. The van der Waals surface area contributed by atoms with Gasteiger partial charge in [0.1, 0.15) is 0 Å². The standard InChI is InChI=1S/C23H31N5O2/c1-18-5-3-6-19(13-18)14-22(29)27-8-4-7-20(17-27)28-23(30)15-21(16-24-28)26-11-9-25(2)10-12-26/h3,5-6,13,15-16,20H,4,7-12,14,17H2,1-2H3. The van der Waals surface area contributed by atoms with E-state index in [0.717, 1.165) is 62.4 Å². The summed E-state index contributed by atoms with van der Waals surface area (Å²) >= 11 is 0. The number of hydrogen-bond acceptors (Lipinski definition) is 5. The zero-order valence-electron chi connectivity index (χ0n) is 18.0. The quantitative estimate of drug-likeness (QED) is 0.769. The zero-order chi connectivity index (χ0) is 21.1. The van der Waals surface area contributed by atoms with Gasteiger partial charge in [-0.1, -0.05) is 29.8 Å². The normalized spacial score (nSPS) is 20.4. The van der Waals surface area contributed by atoms with E-state index < -0.39 is 0 Å². The van der Waals surface area contributed by atoms with Crippen LogP contribution in [0, 0.1) is 6.92 Å². The van der Waals surface area contributed by atoms with Gasteiger partial charge in [0.25, 0.3) is 5.56 Å². The number of carbonyl (C=O) groups is 1. The molecule has 1 unspecified atom stereocenters. The summed E-state index contributed by atoms with van der Waals surface area (Å²) in [5.41, 5.74) is 3.01. The number of nitrogens with zero attached hydrogens (tertiary/aromatic N) is 5. The van der Waals surface area contributed by atoms with Gasteiger partial charge in [0, 0.05) is 45.3 Å². The maximum Gasteiger partial charge on any atom is 0.269 e. The summed E-state index contributed by atoms with van der Waals surface area (Å²) in [6.07, 6.45) is 3.97. The highest BCUT2D eigenvalue weighted by Gasteiger charge is 2.26. The maximum absolute atomic E-state index is 12.8. The van der Waals surface area contributed by atoms with Gasteiger partial charge in [-0.05, 0) is 32.4 Å². The minimum atomic E-state index is -0.0792. The lowest BCUT2D eigenvalue weighted by Gasteiger charge is -2.35. The number of amides is 1. The number of piperidine rings is 1. The molecule has 160 valence electrons. The lowest BCUT2D eigenvalue weighted by Crippen LogP contribution is -2.46. The summed E-state index contributed by atoms with van der Waals surface area (Å²) in [5, 5.41) is 4.50. The van der Waals surface area contributed by atoms with Gasteiger partial charge in [0.05, 0.1) is 24.3 Å². The first-order valence-corrected chi connectivity index (χ1v) is 10.9. The van der Waals surface area contributed by atoms with Crippen LogP contribution in [-0.2, 0) is 11.2 Å². The molecule has 1 aromatic heterocycles. The molecule has 3 heterocycles. The summed E-state index contributed by atoms with van der Waals surface area (Å²) in [7, 11) is 2.11. The second kappa shape index (κ2) is 9.00. The van der Waals surface area contributed by atoms with Crippen LogP contribution in [0.3, 0.4) is 0 Å². The van der Waals surface area contributed by atoms with Crippen molar-refractivity contribution in [2.75, 3.05) is 51.2 Å². The van der Waals surface area contributed by atoms with E-state index in [4.69, 9.17) is 0 Å². The molecule has 0 saturated carbocycles. The number of benzene rings is 1. The summed E-state index contributed by atoms with van der Waals surface area (Å²) in [5.74, 6) is 0.118. The molecule has 0 radical (unpaired) electrons. The SMILES string of the molecule is Cc1cccc(CC(=O)N2CCCC(n3ncc(N4CCN(C)CC4)cc3=O)C2)c1. The van der Waals surface area contributed by atoms with Crippen LogP contribution in [0.5, 0.6) is 0 Å². The topological polar surface area (TPSA) is 61.7 Å². The summed E-state index contributed by atoms with van der Waals surface area (Å²) in [4.78, 5) is 32.0. The van der Waals surface area contributed by atoms with Crippen LogP contribution in [0.4, 0.5) is 5.69 Å². The van der Waals surface area contributed by atoms with E-state index in [1.165, 1.54) is 0 Å². The number of likely N-dealkylation sites (N-methyl/N-ethyl adjacent to an activating group) is 1. The van der Waals surface area contributed by atoms with Gasteiger partial charge in [0.2, 0.25) is 5.91 Å². The average Bonchev–Trinajstić information content (AvgIpc) is 2.74. The predicted octanol–water partition coefficient (Wildman–Crippen LogP) is 1.71. The molecule has 1 amide bonds. The molecule has 0 spiro atoms. The van der Waals surface area contributed by atoms with Crippen molar-refractivity contribution in [1.29, 1.82) is 0 Å². The van der Waals surface area contributed by atoms with Crippen molar-refractivity contribution in [3.05, 3.63) is 58.0 Å². The number of carbonyl (C=O) groups excluding carboxylic acids is 1. The number of rotatable bonds is 4. The van der Waals surface area contributed by atoms with Crippen LogP contribution < -0.4 is 10.5 Å². The second-order valence-electron chi connectivity index (χ2n) is 8.59. The number of likely N-dealkylation sites (tertiary alicyclic amines) is 1. The molecule has 2 aliphatic rings. The highest BCUT2D eigenvalue weighted by Crippen LogP contribution is 2.21. The van der Waals surface area contributed by atoms with Gasteiger partial charge in [-0.2, -0.15) is 5.10 Å². The maximum atomic E-state index is 12.8. The Morgan fingerprint density at radius 3 is 2.67 bits per heavy atom. The van der Waals surface area contributed by atoms with Crippen molar-refractivity contribution in [2.45, 2.75) is 32.2 Å². The van der Waals surface area contributed by atoms with E-state index in [2.05, 4.69) is 28.0 Å². The molecule has 2 aromatic rings. The molecule has 1 aromatic carbocycles. The molecule has 7 nitrogen and oxygen atoms in total. The van der Waals surface area contributed by atoms with E-state index in [1.807, 2.05) is 30.0 Å². The van der Waals surface area contributed by atoms with E-state index in [9.17, 15) is 9.59 Å². The Morgan fingerprint density at radius 2 is 1.93 bits per heavy atom. The summed E-state index contributed by atoms with van der Waals surface area (Å²) in [6.45, 7) is 7.13. The number of anilines is 1. The third-order valence-electron chi connectivity index (χ3n) is 6.21. The van der Waals surface area contributed by atoms with E-state index in [0.29, 0.717) is 13.0 Å². The lowest BCUT2D eigenvalue weighted by atomic mass is 10.0. The number of hydrogen-bond donors (Lipinski definition) is 0. The minimum absolute atomic E-state index is 0.0609. The molecule has 30 heavy (non-hydrogen) atoms. The Morgan fingerprint density at radius 1 is 1.13 bits per heavy atom. The first-order chi connectivity index (χ1) is 14.5. The molecule has 0 bridgehead atoms. The monoisotopic (exact) mass is 409 g/mol. The Bertz CT molecular complexity index is 949. The summed E-state index contributed by atoms with van der Waals surface area (Å²) in [6, 6.07) is 9.72. The molecule has 4 rings (SSSR count). The van der Waals surface area contributed by atoms with Crippen LogP contribution in [0.1, 0.15) is 30.0 Å². The fourth-order valence-corrected chi connectivity index (χ4v) is 4.41. The number of piperazine rings is 1. The van der Waals surface area contributed by atoms with Crippen molar-refractivity contribution >= 4 is 11.6 Å². The second-order valence-corrected chi connectivity index (χ2v) is 8.59. The van der Waals surface area contributed by atoms with Gasteiger partial charge in [-0.25, -0.2) is 4.68 Å². The Kier molecular flexibility index (Phi) is 6.18. The van der Waals surface area contributed by atoms with Crippen molar-refractivity contribution in [1.82, 2.24) is 19.6 Å². The smallest absolute Gasteiger partial charge is 0.269 e. The van der Waals surface area contributed by atoms with Gasteiger partial charge in [0.15, 0.2) is 0 Å². The van der Waals surface area contributed by atoms with Crippen molar-refractivity contribution in [2.24, 2.45) is 0 Å². The van der Waals surface area contributed by atoms with Crippen LogP contribution >= 0.6 is 0 Å². The molecular weight excluding hydrogens is 378 g/mol. The van der Waals surface area contributed by atoms with Gasteiger partial charge >= 0.3 is 0 Å². The van der Waals surface area contributed by atoms with Crippen LogP contribution in [0.25, 0.3) is 0 Å². The minimum Gasteiger partial charge on any atom is -0.368 e. The van der Waals surface area contributed by atoms with Crippen molar-refractivity contribution < 1.29 is 4.79 Å². The zero-order valence-corrected chi connectivity index (χ0v) is 18.0. The first kappa shape index (κ1) is 20.6. The molecule has 2 fully saturated rings. The van der Waals surface area contributed by atoms with E-state index in [1.54, 1.807) is 16.9 Å². The Labute approximate surface area is 177 Å². The molecule has 0 N–H and O–H groups in total. The summed E-state index contributed by atoms with van der Waals surface area (Å²) < 4.78 is 1.58. The van der Waals surface area contributed by atoms with Gasteiger partial charge in [-0.15, -0.1) is 0 Å².